The molecule has 0 amide bonds. The van der Waals surface area contributed by atoms with E-state index in [2.05, 4.69) is 35.6 Å². The second-order valence-electron chi connectivity index (χ2n) is 5.16. The Labute approximate surface area is 134 Å². The summed E-state index contributed by atoms with van der Waals surface area (Å²) in [6, 6.07) is 4.03. The fourth-order valence-corrected chi connectivity index (χ4v) is 2.48. The minimum absolute atomic E-state index is 0.362. The number of hydrogen-bond donors (Lipinski definition) is 1. The van der Waals surface area contributed by atoms with Crippen molar-refractivity contribution >= 4 is 17.2 Å². The maximum Gasteiger partial charge on any atom is 0.122 e. The largest absolute Gasteiger partial charge is 0.388 e. The molecule has 0 saturated heterocycles. The van der Waals surface area contributed by atoms with E-state index in [-0.39, 0.29) is 0 Å². The van der Waals surface area contributed by atoms with Gasteiger partial charge in [-0.15, -0.1) is 0 Å². The lowest BCUT2D eigenvalue weighted by atomic mass is 10.2. The minimum Gasteiger partial charge on any atom is -0.388 e. The van der Waals surface area contributed by atoms with Gasteiger partial charge in [0.1, 0.15) is 4.99 Å². The zero-order valence-electron chi connectivity index (χ0n) is 13.5. The molecule has 0 bridgehead atoms. The van der Waals surface area contributed by atoms with Gasteiger partial charge in [0.05, 0.1) is 5.69 Å². The molecule has 0 spiro atoms. The van der Waals surface area contributed by atoms with Gasteiger partial charge in [-0.3, -0.25) is 9.88 Å². The van der Waals surface area contributed by atoms with E-state index in [0.717, 1.165) is 39.3 Å². The Balaban J connectivity index is 2.50. The molecule has 4 nitrogen and oxygen atoms in total. The summed E-state index contributed by atoms with van der Waals surface area (Å²) in [5.74, 6) is 0. The molecular formula is C16H28N4S. The Hall–Kier alpha value is -1.04. The van der Waals surface area contributed by atoms with Crippen molar-refractivity contribution in [3.8, 4) is 0 Å². The predicted octanol–water partition coefficient (Wildman–Crippen LogP) is 2.27. The van der Waals surface area contributed by atoms with Crippen LogP contribution in [0.15, 0.2) is 18.3 Å². The van der Waals surface area contributed by atoms with Gasteiger partial charge in [-0.1, -0.05) is 33.0 Å². The molecular weight excluding hydrogens is 280 g/mol. The summed E-state index contributed by atoms with van der Waals surface area (Å²) in [7, 11) is 0. The monoisotopic (exact) mass is 308 g/mol. The summed E-state index contributed by atoms with van der Waals surface area (Å²) in [5.41, 5.74) is 7.57. The van der Waals surface area contributed by atoms with E-state index in [0.29, 0.717) is 10.7 Å². The SMILES string of the molecule is CCN(CC)CCCN(CC)Cc1ccnc(C(N)=S)c1. The highest BCUT2D eigenvalue weighted by atomic mass is 32.1. The standard InChI is InChI=1S/C16H28N4S/c1-4-19(5-2)10-7-11-20(6-3)13-14-8-9-18-15(12-14)16(17)21/h8-9,12H,4-7,10-11,13H2,1-3H3,(H2,17,21). The van der Waals surface area contributed by atoms with Crippen LogP contribution in [-0.2, 0) is 6.54 Å². The first-order valence-electron chi connectivity index (χ1n) is 7.80. The molecule has 21 heavy (non-hydrogen) atoms. The van der Waals surface area contributed by atoms with Crippen LogP contribution in [0.5, 0.6) is 0 Å². The predicted molar refractivity (Wildman–Crippen MR) is 93.5 cm³/mol. The van der Waals surface area contributed by atoms with Crippen molar-refractivity contribution in [1.82, 2.24) is 14.8 Å². The highest BCUT2D eigenvalue weighted by molar-refractivity contribution is 7.80. The molecule has 0 radical (unpaired) electrons. The van der Waals surface area contributed by atoms with E-state index >= 15 is 0 Å². The molecule has 2 N–H and O–H groups in total. The first kappa shape index (κ1) is 18.0. The van der Waals surface area contributed by atoms with E-state index in [1.165, 1.54) is 12.0 Å². The van der Waals surface area contributed by atoms with Gasteiger partial charge in [0.25, 0.3) is 0 Å². The van der Waals surface area contributed by atoms with Crippen LogP contribution < -0.4 is 5.73 Å². The molecule has 0 fully saturated rings. The Morgan fingerprint density at radius 3 is 2.33 bits per heavy atom. The van der Waals surface area contributed by atoms with Crippen LogP contribution in [0.2, 0.25) is 0 Å². The van der Waals surface area contributed by atoms with E-state index in [9.17, 15) is 0 Å². The maximum atomic E-state index is 5.64. The lowest BCUT2D eigenvalue weighted by molar-refractivity contribution is 0.238. The number of nitrogens with two attached hydrogens (primary N) is 1. The number of thiocarbonyl (C=S) groups is 1. The van der Waals surface area contributed by atoms with E-state index in [1.807, 2.05) is 12.1 Å². The number of aromatic nitrogens is 1. The fraction of sp³-hybridized carbons (Fsp3) is 0.625. The van der Waals surface area contributed by atoms with Crippen molar-refractivity contribution in [2.45, 2.75) is 33.7 Å². The molecule has 0 aliphatic heterocycles. The fourth-order valence-electron chi connectivity index (χ4n) is 2.37. The number of pyridine rings is 1. The minimum atomic E-state index is 0.362. The van der Waals surface area contributed by atoms with Gasteiger partial charge in [-0.25, -0.2) is 0 Å². The molecule has 1 heterocycles. The topological polar surface area (TPSA) is 45.4 Å². The third-order valence-corrected chi connectivity index (χ3v) is 3.98. The van der Waals surface area contributed by atoms with Gasteiger partial charge in [-0.05, 0) is 56.8 Å². The average molecular weight is 308 g/mol. The van der Waals surface area contributed by atoms with Crippen molar-refractivity contribution in [2.75, 3.05) is 32.7 Å². The molecule has 0 aliphatic carbocycles. The van der Waals surface area contributed by atoms with Crippen molar-refractivity contribution in [2.24, 2.45) is 5.73 Å². The highest BCUT2D eigenvalue weighted by Crippen LogP contribution is 2.07. The summed E-state index contributed by atoms with van der Waals surface area (Å²) in [6.07, 6.45) is 2.98. The third kappa shape index (κ3) is 6.50. The van der Waals surface area contributed by atoms with Gasteiger partial charge in [0.2, 0.25) is 0 Å². The van der Waals surface area contributed by atoms with Crippen LogP contribution >= 0.6 is 12.2 Å². The lowest BCUT2D eigenvalue weighted by Gasteiger charge is -2.23. The molecule has 1 rings (SSSR count). The van der Waals surface area contributed by atoms with Crippen LogP contribution in [0.4, 0.5) is 0 Å². The first-order chi connectivity index (χ1) is 10.1. The average Bonchev–Trinajstić information content (AvgIpc) is 2.50. The Bertz CT molecular complexity index is 432. The Kier molecular flexibility index (Phi) is 8.42. The van der Waals surface area contributed by atoms with Crippen LogP contribution in [0, 0.1) is 0 Å². The van der Waals surface area contributed by atoms with Crippen LogP contribution in [0.1, 0.15) is 38.4 Å². The molecule has 0 saturated carbocycles. The molecule has 0 atom stereocenters. The van der Waals surface area contributed by atoms with Gasteiger partial charge in [-0.2, -0.15) is 0 Å². The zero-order valence-corrected chi connectivity index (χ0v) is 14.3. The van der Waals surface area contributed by atoms with Crippen LogP contribution in [0.3, 0.4) is 0 Å². The van der Waals surface area contributed by atoms with Gasteiger partial charge in [0.15, 0.2) is 0 Å². The smallest absolute Gasteiger partial charge is 0.122 e. The van der Waals surface area contributed by atoms with Crippen LogP contribution in [0.25, 0.3) is 0 Å². The van der Waals surface area contributed by atoms with E-state index < -0.39 is 0 Å². The summed E-state index contributed by atoms with van der Waals surface area (Å²) >= 11 is 4.99. The molecule has 0 aliphatic rings. The summed E-state index contributed by atoms with van der Waals surface area (Å²) in [4.78, 5) is 9.46. The van der Waals surface area contributed by atoms with E-state index in [4.69, 9.17) is 18.0 Å². The first-order valence-corrected chi connectivity index (χ1v) is 8.20. The maximum absolute atomic E-state index is 5.64. The number of hydrogen-bond acceptors (Lipinski definition) is 4. The van der Waals surface area contributed by atoms with Crippen molar-refractivity contribution < 1.29 is 0 Å². The molecule has 0 unspecified atom stereocenters. The molecule has 118 valence electrons. The molecule has 1 aromatic heterocycles. The Morgan fingerprint density at radius 1 is 1.14 bits per heavy atom. The van der Waals surface area contributed by atoms with Crippen molar-refractivity contribution in [3.05, 3.63) is 29.6 Å². The second-order valence-corrected chi connectivity index (χ2v) is 5.60. The molecule has 1 aromatic rings. The van der Waals surface area contributed by atoms with Crippen LogP contribution in [-0.4, -0.2) is 52.5 Å². The quantitative estimate of drug-likeness (QED) is 0.672. The second kappa shape index (κ2) is 9.82. The van der Waals surface area contributed by atoms with Gasteiger partial charge >= 0.3 is 0 Å². The summed E-state index contributed by atoms with van der Waals surface area (Å²) < 4.78 is 0. The Morgan fingerprint density at radius 2 is 1.76 bits per heavy atom. The molecule has 5 heteroatoms. The lowest BCUT2D eigenvalue weighted by Crippen LogP contribution is -2.29. The van der Waals surface area contributed by atoms with Crippen molar-refractivity contribution in [1.29, 1.82) is 0 Å². The van der Waals surface area contributed by atoms with Crippen molar-refractivity contribution in [3.63, 3.8) is 0 Å². The van der Waals surface area contributed by atoms with Gasteiger partial charge < -0.3 is 10.6 Å². The highest BCUT2D eigenvalue weighted by Gasteiger charge is 2.07. The third-order valence-electron chi connectivity index (χ3n) is 3.77. The number of nitrogens with zero attached hydrogens (tertiary/aromatic N) is 3. The zero-order chi connectivity index (χ0) is 15.7. The molecule has 0 aromatic carbocycles. The van der Waals surface area contributed by atoms with Gasteiger partial charge in [0, 0.05) is 12.7 Å². The number of rotatable bonds is 10. The summed E-state index contributed by atoms with van der Waals surface area (Å²) in [5, 5.41) is 0. The van der Waals surface area contributed by atoms with E-state index in [1.54, 1.807) is 6.20 Å². The normalized spacial score (nSPS) is 11.3. The summed E-state index contributed by atoms with van der Waals surface area (Å²) in [6.45, 7) is 13.1.